The van der Waals surface area contributed by atoms with E-state index >= 15 is 0 Å². The van der Waals surface area contributed by atoms with Gasteiger partial charge in [-0.1, -0.05) is 176 Å². The topological polar surface area (TPSA) is 69.8 Å². The molecule has 0 aliphatic heterocycles. The van der Waals surface area contributed by atoms with Crippen molar-refractivity contribution in [2.45, 2.75) is 0 Å². The molecule has 0 saturated heterocycles. The van der Waals surface area contributed by atoms with E-state index in [0.717, 1.165) is 165 Å². The van der Waals surface area contributed by atoms with Crippen LogP contribution >= 0.6 is 0 Å². The zero-order chi connectivity index (χ0) is 52.3. The minimum absolute atomic E-state index is 0.499. The maximum absolute atomic E-state index is 13.0. The first-order valence-electron chi connectivity index (χ1n) is 27.1. The molecule has 6 heterocycles. The summed E-state index contributed by atoms with van der Waals surface area (Å²) in [6, 6.07) is 91.3. The molecule has 0 aliphatic carbocycles. The molecule has 0 N–H and O–H groups in total. The van der Waals surface area contributed by atoms with Crippen molar-refractivity contribution in [1.82, 2.24) is 18.3 Å². The monoisotopic (exact) mass is 1020 g/mol. The summed E-state index contributed by atoms with van der Waals surface area (Å²) < 4.78 is 23.6. The highest BCUT2D eigenvalue weighted by Crippen LogP contribution is 2.53. The average molecular weight is 1020 g/mol. The van der Waals surface area contributed by atoms with Gasteiger partial charge in [-0.2, -0.15) is 5.26 Å². The van der Waals surface area contributed by atoms with Crippen molar-refractivity contribution in [3.8, 4) is 39.9 Å². The van der Waals surface area contributed by atoms with Gasteiger partial charge in [0.2, 0.25) is 0 Å². The van der Waals surface area contributed by atoms with Gasteiger partial charge >= 0.3 is 0 Å². The third-order valence-electron chi connectivity index (χ3n) is 17.0. The SMILES string of the molecule is N#Cc1c(-n2c3ccccc3c3ccccc32)c(-n2c3ccccc3c3c4oc5ccccc5c4ccc32)c(-c2ccccc2)c(-n2c3ccccc3c3c4oc5ccccc5c4ccc32)c1-n1c2ccccc2c2ccccc21. The molecular weight excluding hydrogens is 979 g/mol. The van der Waals surface area contributed by atoms with Gasteiger partial charge in [0.15, 0.2) is 0 Å². The highest BCUT2D eigenvalue weighted by atomic mass is 16.3. The Labute approximate surface area is 455 Å². The summed E-state index contributed by atoms with van der Waals surface area (Å²) in [5.74, 6) is 0. The van der Waals surface area contributed by atoms with E-state index in [4.69, 9.17) is 8.83 Å². The number of aromatic nitrogens is 4. The fourth-order valence-corrected chi connectivity index (χ4v) is 13.8. The van der Waals surface area contributed by atoms with Crippen molar-refractivity contribution >= 4 is 131 Å². The molecule has 80 heavy (non-hydrogen) atoms. The molecule has 18 aromatic rings. The number of fused-ring (bicyclic) bond motifs is 20. The molecule has 0 saturated carbocycles. The number of hydrogen-bond donors (Lipinski definition) is 0. The van der Waals surface area contributed by atoms with Crippen LogP contribution in [0.4, 0.5) is 0 Å². The van der Waals surface area contributed by atoms with Crippen LogP contribution in [-0.2, 0) is 0 Å². The van der Waals surface area contributed by atoms with Crippen molar-refractivity contribution in [2.75, 3.05) is 0 Å². The molecule has 0 amide bonds. The maximum atomic E-state index is 13.0. The van der Waals surface area contributed by atoms with Gasteiger partial charge in [-0.15, -0.1) is 0 Å². The second-order valence-electron chi connectivity index (χ2n) is 20.9. The maximum Gasteiger partial charge on any atom is 0.145 e. The standard InChI is InChI=1S/C73H41N5O2/c74-42-54-68(75-55-30-12-4-22-44(55)45-23-5-13-31-56(45)75)70(77-59-34-16-8-28-52(59)66-61(77)40-38-50-48-26-10-18-36-63(48)79-72(50)66)65(43-20-2-1-3-21-43)71(69(54)76-57-32-14-6-24-46(57)47-25-7-15-33-58(47)76)78-60-35-17-9-29-53(60)67-62(78)41-39-51-49-27-11-19-37-64(49)80-73(51)67/h1-41H. The third kappa shape index (κ3) is 5.55. The number of nitriles is 1. The second kappa shape index (κ2) is 16.0. The van der Waals surface area contributed by atoms with Crippen molar-refractivity contribution < 1.29 is 8.83 Å². The van der Waals surface area contributed by atoms with Crippen LogP contribution in [0.3, 0.4) is 0 Å². The molecular formula is C73H41N5O2. The summed E-state index contributed by atoms with van der Waals surface area (Å²) in [4.78, 5) is 0. The lowest BCUT2D eigenvalue weighted by Crippen LogP contribution is -2.16. The predicted octanol–water partition coefficient (Wildman–Crippen LogP) is 19.4. The Morgan fingerprint density at radius 2 is 0.575 bits per heavy atom. The van der Waals surface area contributed by atoms with E-state index in [1.807, 2.05) is 12.1 Å². The number of nitrogens with zero attached hydrogens (tertiary/aromatic N) is 5. The Balaban J connectivity index is 1.17. The van der Waals surface area contributed by atoms with Crippen molar-refractivity contribution in [3.63, 3.8) is 0 Å². The predicted molar refractivity (Wildman–Crippen MR) is 329 cm³/mol. The van der Waals surface area contributed by atoms with E-state index in [9.17, 15) is 5.26 Å². The fourth-order valence-electron chi connectivity index (χ4n) is 13.8. The molecule has 0 spiro atoms. The van der Waals surface area contributed by atoms with E-state index in [-0.39, 0.29) is 0 Å². The van der Waals surface area contributed by atoms with Crippen molar-refractivity contribution in [3.05, 3.63) is 254 Å². The fraction of sp³-hybridized carbons (Fsp3) is 0. The molecule has 0 bridgehead atoms. The van der Waals surface area contributed by atoms with E-state index in [1.54, 1.807) is 0 Å². The first-order chi connectivity index (χ1) is 39.7. The lowest BCUT2D eigenvalue weighted by atomic mass is 9.93. The highest BCUT2D eigenvalue weighted by Gasteiger charge is 2.36. The van der Waals surface area contributed by atoms with Gasteiger partial charge in [0.25, 0.3) is 0 Å². The summed E-state index contributed by atoms with van der Waals surface area (Å²) in [7, 11) is 0. The van der Waals surface area contributed by atoms with Crippen molar-refractivity contribution in [2.24, 2.45) is 0 Å². The second-order valence-corrected chi connectivity index (χ2v) is 20.9. The molecule has 0 unspecified atom stereocenters. The molecule has 7 heteroatoms. The van der Waals surface area contributed by atoms with Gasteiger partial charge in [0, 0.05) is 59.4 Å². The molecule has 0 fully saturated rings. The molecule has 6 aromatic heterocycles. The van der Waals surface area contributed by atoms with Crippen LogP contribution in [0.2, 0.25) is 0 Å². The van der Waals surface area contributed by atoms with Crippen LogP contribution in [0.25, 0.3) is 165 Å². The largest absolute Gasteiger partial charge is 0.455 e. The van der Waals surface area contributed by atoms with E-state index < -0.39 is 0 Å². The molecule has 12 aromatic carbocycles. The summed E-state index contributed by atoms with van der Waals surface area (Å²) in [6.45, 7) is 0. The quantitative estimate of drug-likeness (QED) is 0.172. The number of furan rings is 2. The molecule has 0 radical (unpaired) electrons. The zero-order valence-corrected chi connectivity index (χ0v) is 42.7. The molecule has 7 nitrogen and oxygen atoms in total. The first-order valence-corrected chi connectivity index (χ1v) is 27.1. The number of hydrogen-bond acceptors (Lipinski definition) is 3. The molecule has 18 rings (SSSR count). The minimum atomic E-state index is 0.499. The lowest BCUT2D eigenvalue weighted by molar-refractivity contribution is 0.672. The Bertz CT molecular complexity index is 5320. The van der Waals surface area contributed by atoms with Crippen LogP contribution in [0.15, 0.2) is 258 Å². The van der Waals surface area contributed by atoms with Crippen LogP contribution in [0, 0.1) is 11.3 Å². The number of para-hydroxylation sites is 8. The number of rotatable bonds is 5. The Morgan fingerprint density at radius 1 is 0.263 bits per heavy atom. The normalized spacial score (nSPS) is 12.2. The first kappa shape index (κ1) is 43.1. The van der Waals surface area contributed by atoms with Gasteiger partial charge in [-0.05, 0) is 78.4 Å². The van der Waals surface area contributed by atoms with Crippen molar-refractivity contribution in [1.29, 1.82) is 5.26 Å². The summed E-state index contributed by atoms with van der Waals surface area (Å²) >= 11 is 0. The van der Waals surface area contributed by atoms with E-state index in [2.05, 4.69) is 261 Å². The third-order valence-corrected chi connectivity index (χ3v) is 17.0. The Hall–Kier alpha value is -11.1. The van der Waals surface area contributed by atoms with Crippen LogP contribution in [-0.4, -0.2) is 18.3 Å². The smallest absolute Gasteiger partial charge is 0.145 e. The van der Waals surface area contributed by atoms with E-state index in [0.29, 0.717) is 5.56 Å². The van der Waals surface area contributed by atoms with E-state index in [1.165, 1.54) is 0 Å². The van der Waals surface area contributed by atoms with Gasteiger partial charge in [-0.25, -0.2) is 0 Å². The van der Waals surface area contributed by atoms with Crippen LogP contribution < -0.4 is 0 Å². The molecule has 0 atom stereocenters. The summed E-state index contributed by atoms with van der Waals surface area (Å²) in [5, 5.41) is 25.6. The molecule has 0 aliphatic rings. The summed E-state index contributed by atoms with van der Waals surface area (Å²) in [6.07, 6.45) is 0. The lowest BCUT2D eigenvalue weighted by Gasteiger charge is -2.29. The summed E-state index contributed by atoms with van der Waals surface area (Å²) in [5.41, 5.74) is 16.6. The van der Waals surface area contributed by atoms with Crippen LogP contribution in [0.1, 0.15) is 5.56 Å². The Morgan fingerprint density at radius 3 is 0.963 bits per heavy atom. The van der Waals surface area contributed by atoms with Gasteiger partial charge < -0.3 is 27.1 Å². The van der Waals surface area contributed by atoms with Gasteiger partial charge in [0.1, 0.15) is 34.0 Å². The van der Waals surface area contributed by atoms with Gasteiger partial charge in [-0.3, -0.25) is 0 Å². The molecule has 370 valence electrons. The zero-order valence-electron chi connectivity index (χ0n) is 42.7. The van der Waals surface area contributed by atoms with Crippen LogP contribution in [0.5, 0.6) is 0 Å². The Kier molecular flexibility index (Phi) is 8.61. The minimum Gasteiger partial charge on any atom is -0.455 e. The van der Waals surface area contributed by atoms with Gasteiger partial charge in [0.05, 0.1) is 77.7 Å². The average Bonchev–Trinajstić information content (AvgIpc) is 4.51. The number of benzene rings is 12. The highest BCUT2D eigenvalue weighted by molar-refractivity contribution is 6.27.